The molecule has 0 unspecified atom stereocenters. The van der Waals surface area contributed by atoms with Gasteiger partial charge in [-0.1, -0.05) is 11.6 Å². The topological polar surface area (TPSA) is 34.9 Å². The summed E-state index contributed by atoms with van der Waals surface area (Å²) in [6, 6.07) is 3.70. The quantitative estimate of drug-likeness (QED) is 0.789. The Labute approximate surface area is 103 Å². The van der Waals surface area contributed by atoms with Gasteiger partial charge in [0.15, 0.2) is 0 Å². The predicted octanol–water partition coefficient (Wildman–Crippen LogP) is 3.20. The molecule has 2 heterocycles. The van der Waals surface area contributed by atoms with Gasteiger partial charge in [0.2, 0.25) is 0 Å². The first-order valence-electron chi connectivity index (χ1n) is 4.80. The summed E-state index contributed by atoms with van der Waals surface area (Å²) in [5.41, 5.74) is 0.178. The van der Waals surface area contributed by atoms with E-state index in [0.717, 1.165) is 16.9 Å². The largest absolute Gasteiger partial charge is 0.301 e. The molecule has 0 aliphatic rings. The number of carbonyl (C=O) groups is 1. The van der Waals surface area contributed by atoms with E-state index in [4.69, 9.17) is 11.6 Å². The van der Waals surface area contributed by atoms with Crippen LogP contribution in [0.1, 0.15) is 13.8 Å². The first-order chi connectivity index (χ1) is 7.54. The van der Waals surface area contributed by atoms with Crippen LogP contribution >= 0.6 is 22.9 Å². The minimum atomic E-state index is -0.623. The van der Waals surface area contributed by atoms with Crippen molar-refractivity contribution in [2.45, 2.75) is 19.4 Å². The molecule has 0 saturated heterocycles. The van der Waals surface area contributed by atoms with Crippen LogP contribution in [0.15, 0.2) is 23.7 Å². The fourth-order valence-corrected chi connectivity index (χ4v) is 2.42. The van der Waals surface area contributed by atoms with Gasteiger partial charge >= 0.3 is 0 Å². The number of aldehydes is 1. The van der Waals surface area contributed by atoms with Crippen molar-refractivity contribution >= 4 is 29.2 Å². The molecular formula is C11H11ClN2OS. The van der Waals surface area contributed by atoms with Crippen molar-refractivity contribution < 1.29 is 4.79 Å². The molecule has 2 aromatic heterocycles. The molecule has 0 fully saturated rings. The normalized spacial score (nSPS) is 11.7. The molecule has 0 aromatic carbocycles. The van der Waals surface area contributed by atoms with Gasteiger partial charge in [0.05, 0.1) is 9.90 Å². The third-order valence-corrected chi connectivity index (χ3v) is 3.68. The smallest absolute Gasteiger partial charge is 0.147 e. The monoisotopic (exact) mass is 254 g/mol. The first kappa shape index (κ1) is 11.4. The van der Waals surface area contributed by atoms with Gasteiger partial charge in [-0.25, -0.2) is 0 Å². The van der Waals surface area contributed by atoms with Crippen LogP contribution in [-0.4, -0.2) is 16.1 Å². The minimum Gasteiger partial charge on any atom is -0.301 e. The molecule has 0 aliphatic carbocycles. The highest BCUT2D eigenvalue weighted by atomic mass is 35.5. The molecule has 2 rings (SSSR count). The van der Waals surface area contributed by atoms with Crippen LogP contribution in [0, 0.1) is 0 Å². The van der Waals surface area contributed by atoms with E-state index < -0.39 is 5.54 Å². The van der Waals surface area contributed by atoms with E-state index in [1.807, 2.05) is 31.4 Å². The lowest BCUT2D eigenvalue weighted by Crippen LogP contribution is -2.28. The minimum absolute atomic E-state index is 0.623. The summed E-state index contributed by atoms with van der Waals surface area (Å²) < 4.78 is 1.64. The Hall–Kier alpha value is -1.13. The molecule has 2 aromatic rings. The number of hydrogen-bond donors (Lipinski definition) is 0. The maximum Gasteiger partial charge on any atom is 0.147 e. The molecule has 16 heavy (non-hydrogen) atoms. The van der Waals surface area contributed by atoms with Gasteiger partial charge in [0, 0.05) is 6.20 Å². The number of thiophene rings is 1. The molecule has 3 nitrogen and oxygen atoms in total. The highest BCUT2D eigenvalue weighted by Crippen LogP contribution is 2.32. The molecule has 0 amide bonds. The Balaban J connectivity index is 2.41. The van der Waals surface area contributed by atoms with Gasteiger partial charge in [0.25, 0.3) is 0 Å². The Morgan fingerprint density at radius 3 is 2.81 bits per heavy atom. The molecule has 0 spiro atoms. The van der Waals surface area contributed by atoms with Gasteiger partial charge in [0.1, 0.15) is 17.5 Å². The lowest BCUT2D eigenvalue weighted by molar-refractivity contribution is -0.114. The summed E-state index contributed by atoms with van der Waals surface area (Å²) in [6.45, 7) is 3.62. The van der Waals surface area contributed by atoms with Crippen molar-refractivity contribution in [1.82, 2.24) is 9.78 Å². The molecule has 0 atom stereocenters. The van der Waals surface area contributed by atoms with Crippen molar-refractivity contribution in [2.24, 2.45) is 0 Å². The maximum atomic E-state index is 10.9. The van der Waals surface area contributed by atoms with E-state index in [1.54, 1.807) is 10.9 Å². The van der Waals surface area contributed by atoms with E-state index in [1.165, 1.54) is 11.3 Å². The molecule has 0 aliphatic heterocycles. The molecule has 5 heteroatoms. The second-order valence-corrected chi connectivity index (χ2v) is 5.34. The van der Waals surface area contributed by atoms with Crippen molar-refractivity contribution in [3.8, 4) is 10.6 Å². The lowest BCUT2D eigenvalue weighted by atomic mass is 10.1. The fraction of sp³-hybridized carbons (Fsp3) is 0.273. The number of hydrogen-bond acceptors (Lipinski definition) is 3. The van der Waals surface area contributed by atoms with Gasteiger partial charge < -0.3 is 4.79 Å². The summed E-state index contributed by atoms with van der Waals surface area (Å²) in [5.74, 6) is 0. The molecule has 0 saturated carbocycles. The zero-order chi connectivity index (χ0) is 11.8. The van der Waals surface area contributed by atoms with Crippen LogP contribution in [0.5, 0.6) is 0 Å². The van der Waals surface area contributed by atoms with E-state index >= 15 is 0 Å². The third kappa shape index (κ3) is 1.90. The summed E-state index contributed by atoms with van der Waals surface area (Å²) >= 11 is 7.56. The SMILES string of the molecule is CC(C)(C=O)n1ccc(-c2sccc2Cl)n1. The molecule has 0 radical (unpaired) electrons. The first-order valence-corrected chi connectivity index (χ1v) is 6.06. The summed E-state index contributed by atoms with van der Waals surface area (Å²) in [6.07, 6.45) is 2.67. The van der Waals surface area contributed by atoms with E-state index in [9.17, 15) is 4.79 Å². The van der Waals surface area contributed by atoms with Crippen molar-refractivity contribution in [3.05, 3.63) is 28.7 Å². The van der Waals surface area contributed by atoms with Crippen LogP contribution in [-0.2, 0) is 10.3 Å². The number of aromatic nitrogens is 2. The van der Waals surface area contributed by atoms with Crippen LogP contribution in [0.25, 0.3) is 10.6 Å². The summed E-state index contributed by atoms with van der Waals surface area (Å²) in [4.78, 5) is 11.8. The van der Waals surface area contributed by atoms with Gasteiger partial charge in [-0.05, 0) is 31.4 Å². The lowest BCUT2D eigenvalue weighted by Gasteiger charge is -2.17. The average Bonchev–Trinajstić information content (AvgIpc) is 2.85. The Kier molecular flexibility index (Phi) is 2.86. The highest BCUT2D eigenvalue weighted by Gasteiger charge is 2.20. The second-order valence-electron chi connectivity index (χ2n) is 4.01. The third-order valence-electron chi connectivity index (χ3n) is 2.32. The molecular weight excluding hydrogens is 244 g/mol. The van der Waals surface area contributed by atoms with Crippen molar-refractivity contribution in [1.29, 1.82) is 0 Å². The van der Waals surface area contributed by atoms with Gasteiger partial charge in [-0.15, -0.1) is 11.3 Å². The Morgan fingerprint density at radius 2 is 2.25 bits per heavy atom. The number of nitrogens with zero attached hydrogens (tertiary/aromatic N) is 2. The highest BCUT2D eigenvalue weighted by molar-refractivity contribution is 7.14. The van der Waals surface area contributed by atoms with Crippen LogP contribution < -0.4 is 0 Å². The number of carbonyl (C=O) groups excluding carboxylic acids is 1. The predicted molar refractivity (Wildman–Crippen MR) is 65.9 cm³/mol. The molecule has 0 N–H and O–H groups in total. The van der Waals surface area contributed by atoms with Crippen molar-refractivity contribution in [3.63, 3.8) is 0 Å². The Morgan fingerprint density at radius 1 is 1.50 bits per heavy atom. The fourth-order valence-electron chi connectivity index (χ4n) is 1.30. The van der Waals surface area contributed by atoms with Gasteiger partial charge in [-0.2, -0.15) is 5.10 Å². The average molecular weight is 255 g/mol. The summed E-state index contributed by atoms with van der Waals surface area (Å²) in [5, 5.41) is 6.98. The van der Waals surface area contributed by atoms with E-state index in [-0.39, 0.29) is 0 Å². The second kappa shape index (κ2) is 4.03. The van der Waals surface area contributed by atoms with Crippen LogP contribution in [0.2, 0.25) is 5.02 Å². The Bertz CT molecular complexity index is 516. The van der Waals surface area contributed by atoms with Gasteiger partial charge in [-0.3, -0.25) is 4.68 Å². The zero-order valence-electron chi connectivity index (χ0n) is 8.98. The maximum absolute atomic E-state index is 10.9. The standard InChI is InChI=1S/C11H11ClN2OS/c1-11(2,7-15)14-5-3-9(13-14)10-8(12)4-6-16-10/h3-7H,1-2H3. The van der Waals surface area contributed by atoms with E-state index in [0.29, 0.717) is 5.02 Å². The van der Waals surface area contributed by atoms with Crippen LogP contribution in [0.4, 0.5) is 0 Å². The number of rotatable bonds is 3. The molecule has 84 valence electrons. The summed E-state index contributed by atoms with van der Waals surface area (Å²) in [7, 11) is 0. The van der Waals surface area contributed by atoms with E-state index in [2.05, 4.69) is 5.10 Å². The zero-order valence-corrected chi connectivity index (χ0v) is 10.5. The van der Waals surface area contributed by atoms with Crippen LogP contribution in [0.3, 0.4) is 0 Å². The number of halogens is 1. The molecule has 0 bridgehead atoms. The van der Waals surface area contributed by atoms with Crippen molar-refractivity contribution in [2.75, 3.05) is 0 Å².